The summed E-state index contributed by atoms with van der Waals surface area (Å²) in [5, 5.41) is 20.2. The van der Waals surface area contributed by atoms with Gasteiger partial charge in [0, 0.05) is 32.3 Å². The average Bonchev–Trinajstić information content (AvgIpc) is 2.76. The van der Waals surface area contributed by atoms with E-state index < -0.39 is 29.4 Å². The van der Waals surface area contributed by atoms with E-state index in [-0.39, 0.29) is 12.2 Å². The van der Waals surface area contributed by atoms with Crippen LogP contribution in [-0.4, -0.2) is 72.4 Å². The van der Waals surface area contributed by atoms with Crippen molar-refractivity contribution in [3.05, 3.63) is 35.4 Å². The zero-order chi connectivity index (χ0) is 22.0. The fourth-order valence-electron chi connectivity index (χ4n) is 2.25. The van der Waals surface area contributed by atoms with E-state index in [4.69, 9.17) is 15.1 Å². The van der Waals surface area contributed by atoms with Crippen molar-refractivity contribution in [2.45, 2.75) is 18.6 Å². The number of amides is 3. The molecule has 4 N–H and O–H groups in total. The molecule has 0 fully saturated rings. The summed E-state index contributed by atoms with van der Waals surface area (Å²) in [6.07, 6.45) is -0.606. The van der Waals surface area contributed by atoms with Gasteiger partial charge >= 0.3 is 0 Å². The summed E-state index contributed by atoms with van der Waals surface area (Å²) in [4.78, 5) is 37.9. The van der Waals surface area contributed by atoms with Gasteiger partial charge in [0.15, 0.2) is 5.54 Å². The minimum atomic E-state index is -1.96. The molecule has 0 aliphatic heterocycles. The van der Waals surface area contributed by atoms with Crippen LogP contribution in [0.15, 0.2) is 24.3 Å². The molecule has 0 aliphatic rings. The molecule has 1 aromatic rings. The largest absolute Gasteiger partial charge is 0.393 e. The predicted molar refractivity (Wildman–Crippen MR) is 103 cm³/mol. The van der Waals surface area contributed by atoms with E-state index >= 15 is 0 Å². The summed E-state index contributed by atoms with van der Waals surface area (Å²) >= 11 is 0. The first-order chi connectivity index (χ1) is 13.8. The van der Waals surface area contributed by atoms with Gasteiger partial charge in [-0.3, -0.25) is 19.6 Å². The molecule has 0 saturated heterocycles. The monoisotopic (exact) mass is 401 g/mol. The highest BCUT2D eigenvalue weighted by molar-refractivity contribution is 6.12. The Bertz CT molecular complexity index is 853. The number of carbonyl (C=O) groups excluding carboxylic acids is 3. The number of rotatable bonds is 6. The van der Waals surface area contributed by atoms with Crippen molar-refractivity contribution in [2.75, 3.05) is 27.8 Å². The normalized spacial score (nSPS) is 12.8. The third kappa shape index (κ3) is 5.56. The van der Waals surface area contributed by atoms with Crippen molar-refractivity contribution in [2.24, 2.45) is 0 Å². The maximum absolute atomic E-state index is 12.7. The molecule has 0 saturated carbocycles. The highest BCUT2D eigenvalue weighted by atomic mass is 16.5. The number of likely N-dealkylation sites (N-methyl/N-ethyl adjacent to an activating group) is 2. The number of aliphatic hydroxyl groups excluding tert-OH is 1. The molecule has 2 atom stereocenters. The Hall–Kier alpha value is -3.37. The zero-order valence-electron chi connectivity index (χ0n) is 16.6. The molecular weight excluding hydrogens is 378 g/mol. The van der Waals surface area contributed by atoms with Crippen LogP contribution in [0.3, 0.4) is 0 Å². The number of ether oxygens (including phenoxy) is 1. The Morgan fingerprint density at radius 2 is 1.83 bits per heavy atom. The Kier molecular flexibility index (Phi) is 8.84. The van der Waals surface area contributed by atoms with Crippen LogP contribution in [0.2, 0.25) is 0 Å². The minimum absolute atomic E-state index is 0.213. The van der Waals surface area contributed by atoms with Crippen molar-refractivity contribution in [1.82, 2.24) is 15.7 Å². The number of aliphatic hydroxyl groups is 1. The maximum atomic E-state index is 12.7. The first-order valence-electron chi connectivity index (χ1n) is 8.46. The summed E-state index contributed by atoms with van der Waals surface area (Å²) in [6.45, 7) is 0.978. The van der Waals surface area contributed by atoms with Gasteiger partial charge in [-0.15, -0.1) is 0 Å². The third-order valence-corrected chi connectivity index (χ3v) is 4.27. The smallest absolute Gasteiger partial charge is 0.278 e. The molecule has 0 heterocycles. The number of methoxy groups -OCH3 is 1. The fraction of sp³-hybridized carbons (Fsp3) is 0.350. The van der Waals surface area contributed by atoms with E-state index in [1.807, 2.05) is 0 Å². The van der Waals surface area contributed by atoms with Gasteiger partial charge in [-0.2, -0.15) is 0 Å². The molecule has 29 heavy (non-hydrogen) atoms. The van der Waals surface area contributed by atoms with Gasteiger partial charge in [-0.1, -0.05) is 11.8 Å². The van der Waals surface area contributed by atoms with Crippen LogP contribution in [0.25, 0.3) is 0 Å². The number of hydroxylamine groups is 1. The van der Waals surface area contributed by atoms with Gasteiger partial charge in [0.25, 0.3) is 17.7 Å². The molecule has 0 aromatic heterocycles. The highest BCUT2D eigenvalue weighted by Gasteiger charge is 2.47. The van der Waals surface area contributed by atoms with Crippen molar-refractivity contribution in [3.63, 3.8) is 0 Å². The summed E-state index contributed by atoms with van der Waals surface area (Å²) in [6, 6.07) is 6.14. The van der Waals surface area contributed by atoms with Gasteiger partial charge in [0.05, 0.1) is 6.61 Å². The average molecular weight is 401 g/mol. The Morgan fingerprint density at radius 3 is 2.31 bits per heavy atom. The topological polar surface area (TPSA) is 128 Å². The van der Waals surface area contributed by atoms with Crippen LogP contribution in [0.1, 0.15) is 22.8 Å². The van der Waals surface area contributed by atoms with Crippen LogP contribution in [0, 0.1) is 23.7 Å². The SMILES string of the molecule is CNC(=O)C(C)(C(=O)NO)N(C)C(=O)c1ccc(C#CC#CC(CO)OC)cc1. The second-order valence-electron chi connectivity index (χ2n) is 5.96. The number of nitrogens with zero attached hydrogens (tertiary/aromatic N) is 1. The van der Waals surface area contributed by atoms with Gasteiger partial charge in [-0.05, 0) is 43.0 Å². The summed E-state index contributed by atoms with van der Waals surface area (Å²) in [5.74, 6) is 8.17. The van der Waals surface area contributed by atoms with E-state index in [0.717, 1.165) is 4.90 Å². The molecule has 0 bridgehead atoms. The molecule has 9 heteroatoms. The summed E-state index contributed by atoms with van der Waals surface area (Å²) < 4.78 is 4.89. The minimum Gasteiger partial charge on any atom is -0.393 e. The lowest BCUT2D eigenvalue weighted by atomic mass is 9.96. The van der Waals surface area contributed by atoms with Crippen molar-refractivity contribution < 1.29 is 29.4 Å². The molecular formula is C20H23N3O6. The van der Waals surface area contributed by atoms with Gasteiger partial charge in [0.1, 0.15) is 6.10 Å². The quantitative estimate of drug-likeness (QED) is 0.212. The fourth-order valence-corrected chi connectivity index (χ4v) is 2.25. The number of hydrogen-bond donors (Lipinski definition) is 4. The molecule has 1 aromatic carbocycles. The maximum Gasteiger partial charge on any atom is 0.278 e. The van der Waals surface area contributed by atoms with Crippen molar-refractivity contribution in [3.8, 4) is 23.7 Å². The third-order valence-electron chi connectivity index (χ3n) is 4.27. The van der Waals surface area contributed by atoms with E-state index in [9.17, 15) is 14.4 Å². The lowest BCUT2D eigenvalue weighted by Crippen LogP contribution is -2.64. The number of nitrogens with one attached hydrogen (secondary N) is 2. The van der Waals surface area contributed by atoms with Gasteiger partial charge in [-0.25, -0.2) is 5.48 Å². The van der Waals surface area contributed by atoms with E-state index in [1.165, 1.54) is 45.7 Å². The van der Waals surface area contributed by atoms with Crippen molar-refractivity contribution >= 4 is 17.7 Å². The second-order valence-corrected chi connectivity index (χ2v) is 5.96. The number of benzene rings is 1. The summed E-state index contributed by atoms with van der Waals surface area (Å²) in [5.41, 5.74) is 0.248. The van der Waals surface area contributed by atoms with Gasteiger partial charge < -0.3 is 20.1 Å². The molecule has 0 spiro atoms. The molecule has 9 nitrogen and oxygen atoms in total. The Balaban J connectivity index is 3.04. The molecule has 154 valence electrons. The van der Waals surface area contributed by atoms with E-state index in [2.05, 4.69) is 29.0 Å². The van der Waals surface area contributed by atoms with Crippen LogP contribution in [0.5, 0.6) is 0 Å². The van der Waals surface area contributed by atoms with Crippen LogP contribution in [-0.2, 0) is 14.3 Å². The number of hydrogen-bond acceptors (Lipinski definition) is 6. The Labute approximate surface area is 169 Å². The summed E-state index contributed by atoms with van der Waals surface area (Å²) in [7, 11) is 4.02. The van der Waals surface area contributed by atoms with E-state index in [0.29, 0.717) is 5.56 Å². The molecule has 1 rings (SSSR count). The lowest BCUT2D eigenvalue weighted by molar-refractivity contribution is -0.148. The Morgan fingerprint density at radius 1 is 1.21 bits per heavy atom. The molecule has 0 radical (unpaired) electrons. The highest BCUT2D eigenvalue weighted by Crippen LogP contribution is 2.18. The molecule has 0 aliphatic carbocycles. The zero-order valence-corrected chi connectivity index (χ0v) is 16.6. The molecule has 2 unspecified atom stereocenters. The van der Waals surface area contributed by atoms with Crippen LogP contribution in [0.4, 0.5) is 0 Å². The predicted octanol–water partition coefficient (Wildman–Crippen LogP) is -0.869. The van der Waals surface area contributed by atoms with E-state index in [1.54, 1.807) is 12.1 Å². The lowest BCUT2D eigenvalue weighted by Gasteiger charge is -2.34. The van der Waals surface area contributed by atoms with Crippen LogP contribution >= 0.6 is 0 Å². The standard InChI is InChI=1S/C20H23N3O6/c1-20(18(26)21-2,19(27)22-28)23(3)17(25)15-11-9-14(10-12-15)7-5-6-8-16(13-24)29-4/h9-12,16,24,28H,13H2,1-4H3,(H,21,26)(H,22,27). The van der Waals surface area contributed by atoms with Gasteiger partial charge in [0.2, 0.25) is 0 Å². The van der Waals surface area contributed by atoms with Crippen molar-refractivity contribution in [1.29, 1.82) is 0 Å². The second kappa shape index (κ2) is 10.8. The molecule has 3 amide bonds. The number of carbonyl (C=O) groups is 3. The van der Waals surface area contributed by atoms with Crippen LogP contribution < -0.4 is 10.8 Å². The first kappa shape index (κ1) is 23.7. The first-order valence-corrected chi connectivity index (χ1v) is 8.46.